The molecule has 2 atom stereocenters. The van der Waals surface area contributed by atoms with Crippen LogP contribution in [0.5, 0.6) is 5.75 Å². The number of halogens is 2. The monoisotopic (exact) mass is 287 g/mol. The van der Waals surface area contributed by atoms with E-state index in [9.17, 15) is 4.39 Å². The molecular formula is C14H19ClFNO2. The summed E-state index contributed by atoms with van der Waals surface area (Å²) in [6.45, 7) is 4.93. The van der Waals surface area contributed by atoms with E-state index >= 15 is 0 Å². The molecule has 0 aromatic heterocycles. The van der Waals surface area contributed by atoms with Crippen molar-refractivity contribution in [2.75, 3.05) is 13.2 Å². The fraction of sp³-hybridized carbons (Fsp3) is 0.429. The van der Waals surface area contributed by atoms with E-state index in [0.29, 0.717) is 30.9 Å². The summed E-state index contributed by atoms with van der Waals surface area (Å²) in [6, 6.07) is 4.15. The predicted octanol–water partition coefficient (Wildman–Crippen LogP) is 2.99. The molecule has 2 N–H and O–H groups in total. The standard InChI is InChI=1S/C14H18FNO2.ClH/c1-2-3-13(16)12-8-10(15)4-5-14(12)18-11-6-7-17-9-11;/h2,4-5,8,11,13H,1,3,6-7,9,16H2;1H/t11?,13-;/m1./s1. The highest BCUT2D eigenvalue weighted by Crippen LogP contribution is 2.29. The minimum absolute atomic E-state index is 0. The molecule has 1 fully saturated rings. The Morgan fingerprint density at radius 3 is 3.00 bits per heavy atom. The third kappa shape index (κ3) is 4.20. The Morgan fingerprint density at radius 1 is 1.58 bits per heavy atom. The molecule has 1 unspecified atom stereocenters. The van der Waals surface area contributed by atoms with Gasteiger partial charge in [0.2, 0.25) is 0 Å². The maximum absolute atomic E-state index is 13.3. The molecule has 19 heavy (non-hydrogen) atoms. The van der Waals surface area contributed by atoms with Crippen LogP contribution in [0.1, 0.15) is 24.4 Å². The average molecular weight is 288 g/mol. The Morgan fingerprint density at radius 2 is 2.37 bits per heavy atom. The van der Waals surface area contributed by atoms with Crippen molar-refractivity contribution in [3.8, 4) is 5.75 Å². The molecule has 2 rings (SSSR count). The molecule has 0 spiro atoms. The lowest BCUT2D eigenvalue weighted by Crippen LogP contribution is -2.19. The molecule has 0 saturated carbocycles. The fourth-order valence-electron chi connectivity index (χ4n) is 2.01. The summed E-state index contributed by atoms with van der Waals surface area (Å²) in [7, 11) is 0. The first kappa shape index (κ1) is 16.0. The summed E-state index contributed by atoms with van der Waals surface area (Å²) >= 11 is 0. The van der Waals surface area contributed by atoms with Crippen molar-refractivity contribution < 1.29 is 13.9 Å². The van der Waals surface area contributed by atoms with Gasteiger partial charge in [-0.1, -0.05) is 6.08 Å². The second-order valence-electron chi connectivity index (χ2n) is 4.42. The van der Waals surface area contributed by atoms with Crippen LogP contribution in [0.15, 0.2) is 30.9 Å². The quantitative estimate of drug-likeness (QED) is 0.847. The Balaban J connectivity index is 0.00000180. The molecule has 1 heterocycles. The van der Waals surface area contributed by atoms with Crippen LogP contribution in [0.25, 0.3) is 0 Å². The largest absolute Gasteiger partial charge is 0.488 e. The highest BCUT2D eigenvalue weighted by atomic mass is 35.5. The van der Waals surface area contributed by atoms with Gasteiger partial charge >= 0.3 is 0 Å². The van der Waals surface area contributed by atoms with Crippen LogP contribution in [0.4, 0.5) is 4.39 Å². The Kier molecular flexibility index (Phi) is 6.28. The minimum Gasteiger partial charge on any atom is -0.488 e. The van der Waals surface area contributed by atoms with Crippen molar-refractivity contribution in [3.63, 3.8) is 0 Å². The summed E-state index contributed by atoms with van der Waals surface area (Å²) < 4.78 is 24.4. The molecule has 1 aliphatic rings. The SMILES string of the molecule is C=CC[C@@H](N)c1cc(F)ccc1OC1CCOC1.Cl. The minimum atomic E-state index is -0.306. The van der Waals surface area contributed by atoms with E-state index in [2.05, 4.69) is 6.58 Å². The zero-order valence-electron chi connectivity index (χ0n) is 10.7. The van der Waals surface area contributed by atoms with E-state index < -0.39 is 0 Å². The van der Waals surface area contributed by atoms with Crippen LogP contribution < -0.4 is 10.5 Å². The highest BCUT2D eigenvalue weighted by Gasteiger charge is 2.20. The van der Waals surface area contributed by atoms with Crippen LogP contribution in [0.2, 0.25) is 0 Å². The van der Waals surface area contributed by atoms with E-state index in [4.69, 9.17) is 15.2 Å². The molecule has 1 aliphatic heterocycles. The van der Waals surface area contributed by atoms with Gasteiger partial charge in [0.1, 0.15) is 17.7 Å². The Hall–Kier alpha value is -1.10. The van der Waals surface area contributed by atoms with Gasteiger partial charge in [0.05, 0.1) is 13.2 Å². The van der Waals surface area contributed by atoms with Crippen LogP contribution in [0.3, 0.4) is 0 Å². The van der Waals surface area contributed by atoms with Crippen LogP contribution in [-0.4, -0.2) is 19.3 Å². The molecule has 3 nitrogen and oxygen atoms in total. The smallest absolute Gasteiger partial charge is 0.124 e. The van der Waals surface area contributed by atoms with Gasteiger partial charge in [0.15, 0.2) is 0 Å². The van der Waals surface area contributed by atoms with Gasteiger partial charge in [0.25, 0.3) is 0 Å². The third-order valence-electron chi connectivity index (χ3n) is 2.97. The van der Waals surface area contributed by atoms with Crippen molar-refractivity contribution >= 4 is 12.4 Å². The van der Waals surface area contributed by atoms with Crippen LogP contribution in [0, 0.1) is 5.82 Å². The van der Waals surface area contributed by atoms with Gasteiger partial charge in [-0.25, -0.2) is 4.39 Å². The van der Waals surface area contributed by atoms with Crippen LogP contribution in [-0.2, 0) is 4.74 Å². The first-order chi connectivity index (χ1) is 8.70. The number of rotatable bonds is 5. The molecule has 1 aromatic carbocycles. The van der Waals surface area contributed by atoms with Crippen molar-refractivity contribution in [2.45, 2.75) is 25.0 Å². The number of hydrogen-bond donors (Lipinski definition) is 1. The topological polar surface area (TPSA) is 44.5 Å². The zero-order valence-corrected chi connectivity index (χ0v) is 11.5. The maximum Gasteiger partial charge on any atom is 0.124 e. The van der Waals surface area contributed by atoms with E-state index in [-0.39, 0.29) is 30.4 Å². The van der Waals surface area contributed by atoms with Gasteiger partial charge < -0.3 is 15.2 Å². The van der Waals surface area contributed by atoms with Crippen LogP contribution >= 0.6 is 12.4 Å². The van der Waals surface area contributed by atoms with Gasteiger partial charge in [-0.15, -0.1) is 19.0 Å². The fourth-order valence-corrected chi connectivity index (χ4v) is 2.01. The Bertz CT molecular complexity index is 422. The maximum atomic E-state index is 13.3. The Labute approximate surface area is 119 Å². The number of ether oxygens (including phenoxy) is 2. The number of hydrogen-bond acceptors (Lipinski definition) is 3. The second kappa shape index (κ2) is 7.48. The van der Waals surface area contributed by atoms with E-state index in [1.807, 2.05) is 0 Å². The molecule has 1 saturated heterocycles. The molecular weight excluding hydrogens is 269 g/mol. The van der Waals surface area contributed by atoms with Crippen molar-refractivity contribution in [3.05, 3.63) is 42.2 Å². The molecule has 106 valence electrons. The lowest BCUT2D eigenvalue weighted by atomic mass is 10.0. The zero-order chi connectivity index (χ0) is 13.0. The molecule has 0 radical (unpaired) electrons. The normalized spacial score (nSPS) is 19.6. The average Bonchev–Trinajstić information content (AvgIpc) is 2.84. The predicted molar refractivity (Wildman–Crippen MR) is 75.2 cm³/mol. The first-order valence-electron chi connectivity index (χ1n) is 6.11. The lowest BCUT2D eigenvalue weighted by molar-refractivity contribution is 0.140. The highest BCUT2D eigenvalue weighted by molar-refractivity contribution is 5.85. The number of benzene rings is 1. The number of nitrogens with two attached hydrogens (primary N) is 1. The first-order valence-corrected chi connectivity index (χ1v) is 6.11. The summed E-state index contributed by atoms with van der Waals surface area (Å²) in [5.41, 5.74) is 6.68. The summed E-state index contributed by atoms with van der Waals surface area (Å²) in [5, 5.41) is 0. The lowest BCUT2D eigenvalue weighted by Gasteiger charge is -2.19. The summed E-state index contributed by atoms with van der Waals surface area (Å²) in [4.78, 5) is 0. The molecule has 0 bridgehead atoms. The van der Waals surface area contributed by atoms with Crippen molar-refractivity contribution in [1.29, 1.82) is 0 Å². The second-order valence-corrected chi connectivity index (χ2v) is 4.42. The summed E-state index contributed by atoms with van der Waals surface area (Å²) in [6.07, 6.45) is 3.19. The third-order valence-corrected chi connectivity index (χ3v) is 2.97. The van der Waals surface area contributed by atoms with Gasteiger partial charge in [0, 0.05) is 18.0 Å². The molecule has 1 aromatic rings. The van der Waals surface area contributed by atoms with Gasteiger partial charge in [-0.05, 0) is 24.6 Å². The van der Waals surface area contributed by atoms with E-state index in [1.54, 1.807) is 12.1 Å². The van der Waals surface area contributed by atoms with Gasteiger partial charge in [-0.2, -0.15) is 0 Å². The van der Waals surface area contributed by atoms with Crippen molar-refractivity contribution in [1.82, 2.24) is 0 Å². The molecule has 0 amide bonds. The van der Waals surface area contributed by atoms with E-state index in [0.717, 1.165) is 6.42 Å². The molecule has 0 aliphatic carbocycles. The molecule has 5 heteroatoms. The van der Waals surface area contributed by atoms with Gasteiger partial charge in [-0.3, -0.25) is 0 Å². The van der Waals surface area contributed by atoms with E-state index in [1.165, 1.54) is 12.1 Å². The summed E-state index contributed by atoms with van der Waals surface area (Å²) in [5.74, 6) is 0.334. The van der Waals surface area contributed by atoms with Crippen molar-refractivity contribution in [2.24, 2.45) is 5.73 Å².